The molecule has 0 N–H and O–H groups in total. The van der Waals surface area contributed by atoms with Gasteiger partial charge >= 0.3 is 11.9 Å². The first kappa shape index (κ1) is 18.2. The normalized spacial score (nSPS) is 25.3. The fourth-order valence-electron chi connectivity index (χ4n) is 3.94. The molecular formula is C22H24O4. The second-order valence-electron chi connectivity index (χ2n) is 6.76. The maximum absolute atomic E-state index is 11.8. The Morgan fingerprint density at radius 3 is 1.35 bits per heavy atom. The van der Waals surface area contributed by atoms with Gasteiger partial charge in [-0.25, -0.2) is 0 Å². The van der Waals surface area contributed by atoms with Crippen LogP contribution >= 0.6 is 0 Å². The average molecular weight is 352 g/mol. The Balaban J connectivity index is 1.99. The molecule has 0 bridgehead atoms. The number of benzene rings is 2. The number of hydrogen-bond donors (Lipinski definition) is 0. The number of carbonyl (C=O) groups excluding carboxylic acids is 2. The monoisotopic (exact) mass is 352 g/mol. The SMILES string of the molecule is CC(=O)O[C@@H]1[C@H](OC(C)=O)[C@@H](c2ccccc2)CC[C@@H]1c1ccccc1. The first-order chi connectivity index (χ1) is 12.6. The molecule has 26 heavy (non-hydrogen) atoms. The third kappa shape index (κ3) is 4.13. The van der Waals surface area contributed by atoms with Crippen molar-refractivity contribution in [3.8, 4) is 0 Å². The zero-order valence-corrected chi connectivity index (χ0v) is 15.1. The summed E-state index contributed by atoms with van der Waals surface area (Å²) in [5.74, 6) is -0.711. The molecule has 4 heteroatoms. The Morgan fingerprint density at radius 1 is 0.692 bits per heavy atom. The van der Waals surface area contributed by atoms with Crippen LogP contribution in [0.1, 0.15) is 49.7 Å². The van der Waals surface area contributed by atoms with E-state index in [1.807, 2.05) is 60.7 Å². The second-order valence-corrected chi connectivity index (χ2v) is 6.76. The minimum atomic E-state index is -0.502. The van der Waals surface area contributed by atoms with Gasteiger partial charge in [0.15, 0.2) is 0 Å². The summed E-state index contributed by atoms with van der Waals surface area (Å²) in [5, 5.41) is 0. The number of hydrogen-bond acceptors (Lipinski definition) is 4. The van der Waals surface area contributed by atoms with Crippen LogP contribution in [-0.2, 0) is 19.1 Å². The summed E-state index contributed by atoms with van der Waals surface area (Å²) in [4.78, 5) is 23.6. The molecule has 0 spiro atoms. The van der Waals surface area contributed by atoms with Gasteiger partial charge in [-0.1, -0.05) is 60.7 Å². The van der Waals surface area contributed by atoms with E-state index >= 15 is 0 Å². The lowest BCUT2D eigenvalue weighted by atomic mass is 9.72. The van der Waals surface area contributed by atoms with Crippen molar-refractivity contribution in [1.82, 2.24) is 0 Å². The molecular weight excluding hydrogens is 328 g/mol. The Labute approximate surface area is 154 Å². The van der Waals surface area contributed by atoms with E-state index in [-0.39, 0.29) is 23.8 Å². The average Bonchev–Trinajstić information content (AvgIpc) is 2.63. The summed E-state index contributed by atoms with van der Waals surface area (Å²) in [6.07, 6.45) is 0.717. The molecule has 0 aromatic heterocycles. The zero-order chi connectivity index (χ0) is 18.5. The first-order valence-corrected chi connectivity index (χ1v) is 9.00. The third-order valence-corrected chi connectivity index (χ3v) is 4.97. The minimum Gasteiger partial charge on any atom is -0.458 e. The van der Waals surface area contributed by atoms with E-state index in [4.69, 9.17) is 9.47 Å². The van der Waals surface area contributed by atoms with Crippen LogP contribution in [-0.4, -0.2) is 24.1 Å². The maximum atomic E-state index is 11.8. The molecule has 1 fully saturated rings. The molecule has 0 amide bonds. The standard InChI is InChI=1S/C22H24O4/c1-15(23)25-21-19(17-9-5-3-6-10-17)13-14-20(22(21)26-16(2)24)18-11-7-4-8-12-18/h3-12,19-22H,13-14H2,1-2H3/t19-,20-,21-,22+/m1/s1. The Bertz CT molecular complexity index is 676. The molecule has 2 aromatic carbocycles. The molecule has 3 rings (SSSR count). The van der Waals surface area contributed by atoms with Gasteiger partial charge in [0.1, 0.15) is 12.2 Å². The van der Waals surface area contributed by atoms with E-state index in [0.717, 1.165) is 24.0 Å². The van der Waals surface area contributed by atoms with Gasteiger partial charge in [0.25, 0.3) is 0 Å². The van der Waals surface area contributed by atoms with Crippen molar-refractivity contribution in [1.29, 1.82) is 0 Å². The van der Waals surface area contributed by atoms with E-state index in [1.165, 1.54) is 13.8 Å². The summed E-state index contributed by atoms with van der Waals surface area (Å²) in [7, 11) is 0. The third-order valence-electron chi connectivity index (χ3n) is 4.97. The molecule has 2 aromatic rings. The van der Waals surface area contributed by atoms with Crippen LogP contribution in [0, 0.1) is 0 Å². The van der Waals surface area contributed by atoms with Crippen molar-refractivity contribution in [3.63, 3.8) is 0 Å². The largest absolute Gasteiger partial charge is 0.458 e. The predicted octanol–water partition coefficient (Wildman–Crippen LogP) is 4.21. The molecule has 4 atom stereocenters. The first-order valence-electron chi connectivity index (χ1n) is 9.00. The highest BCUT2D eigenvalue weighted by molar-refractivity contribution is 5.67. The molecule has 0 saturated heterocycles. The number of esters is 2. The summed E-state index contributed by atoms with van der Waals surface area (Å²) >= 11 is 0. The minimum absolute atomic E-state index is 0.00409. The fourth-order valence-corrected chi connectivity index (χ4v) is 3.94. The summed E-state index contributed by atoms with van der Waals surface area (Å²) in [6.45, 7) is 2.80. The van der Waals surface area contributed by atoms with Crippen molar-refractivity contribution in [2.24, 2.45) is 0 Å². The van der Waals surface area contributed by atoms with Crippen LogP contribution in [0.5, 0.6) is 0 Å². The molecule has 1 saturated carbocycles. The highest BCUT2D eigenvalue weighted by Crippen LogP contribution is 2.43. The lowest BCUT2D eigenvalue weighted by molar-refractivity contribution is -0.173. The molecule has 0 unspecified atom stereocenters. The topological polar surface area (TPSA) is 52.6 Å². The number of rotatable bonds is 4. The van der Waals surface area contributed by atoms with Crippen LogP contribution < -0.4 is 0 Å². The maximum Gasteiger partial charge on any atom is 0.303 e. The summed E-state index contributed by atoms with van der Waals surface area (Å²) < 4.78 is 11.4. The van der Waals surface area contributed by atoms with Gasteiger partial charge in [-0.15, -0.1) is 0 Å². The molecule has 0 heterocycles. The highest BCUT2D eigenvalue weighted by atomic mass is 16.6. The predicted molar refractivity (Wildman–Crippen MR) is 98.7 cm³/mol. The van der Waals surface area contributed by atoms with Crippen molar-refractivity contribution in [2.45, 2.75) is 50.7 Å². The van der Waals surface area contributed by atoms with Crippen LogP contribution in [0.25, 0.3) is 0 Å². The lowest BCUT2D eigenvalue weighted by Crippen LogP contribution is -2.46. The van der Waals surface area contributed by atoms with E-state index < -0.39 is 12.2 Å². The highest BCUT2D eigenvalue weighted by Gasteiger charge is 2.44. The van der Waals surface area contributed by atoms with Crippen molar-refractivity contribution >= 4 is 11.9 Å². The van der Waals surface area contributed by atoms with Crippen molar-refractivity contribution in [2.75, 3.05) is 0 Å². The van der Waals surface area contributed by atoms with E-state index in [1.54, 1.807) is 0 Å². The molecule has 1 aliphatic carbocycles. The van der Waals surface area contributed by atoms with E-state index in [9.17, 15) is 9.59 Å². The second kappa shape index (κ2) is 8.17. The smallest absolute Gasteiger partial charge is 0.303 e. The molecule has 0 radical (unpaired) electrons. The molecule has 0 aliphatic heterocycles. The molecule has 1 aliphatic rings. The van der Waals surface area contributed by atoms with Crippen LogP contribution in [0.2, 0.25) is 0 Å². The van der Waals surface area contributed by atoms with Crippen LogP contribution in [0.3, 0.4) is 0 Å². The van der Waals surface area contributed by atoms with Gasteiger partial charge in [-0.2, -0.15) is 0 Å². The van der Waals surface area contributed by atoms with Gasteiger partial charge in [-0.05, 0) is 24.0 Å². The molecule has 4 nitrogen and oxygen atoms in total. The van der Waals surface area contributed by atoms with Crippen LogP contribution in [0.15, 0.2) is 60.7 Å². The van der Waals surface area contributed by atoms with Crippen LogP contribution in [0.4, 0.5) is 0 Å². The Kier molecular flexibility index (Phi) is 5.71. The molecule has 136 valence electrons. The quantitative estimate of drug-likeness (QED) is 0.774. The van der Waals surface area contributed by atoms with E-state index in [0.29, 0.717) is 0 Å². The van der Waals surface area contributed by atoms with Gasteiger partial charge in [0.05, 0.1) is 0 Å². The lowest BCUT2D eigenvalue weighted by Gasteiger charge is -2.42. The number of carbonyl (C=O) groups is 2. The van der Waals surface area contributed by atoms with E-state index in [2.05, 4.69) is 0 Å². The number of ether oxygens (including phenoxy) is 2. The Morgan fingerprint density at radius 2 is 1.04 bits per heavy atom. The summed E-state index contributed by atoms with van der Waals surface area (Å²) in [5.41, 5.74) is 2.20. The van der Waals surface area contributed by atoms with Gasteiger partial charge < -0.3 is 9.47 Å². The van der Waals surface area contributed by atoms with Crippen molar-refractivity contribution in [3.05, 3.63) is 71.8 Å². The Hall–Kier alpha value is -2.62. The van der Waals surface area contributed by atoms with Gasteiger partial charge in [0.2, 0.25) is 0 Å². The van der Waals surface area contributed by atoms with Gasteiger partial charge in [0, 0.05) is 25.7 Å². The van der Waals surface area contributed by atoms with Crippen molar-refractivity contribution < 1.29 is 19.1 Å². The zero-order valence-electron chi connectivity index (χ0n) is 15.1. The summed E-state index contributed by atoms with van der Waals surface area (Å²) in [6, 6.07) is 20.0. The fraction of sp³-hybridized carbons (Fsp3) is 0.364. The van der Waals surface area contributed by atoms with Gasteiger partial charge in [-0.3, -0.25) is 9.59 Å².